The lowest BCUT2D eigenvalue weighted by Crippen LogP contribution is -2.48. The second-order valence-corrected chi connectivity index (χ2v) is 7.95. The van der Waals surface area contributed by atoms with Gasteiger partial charge >= 0.3 is 0 Å². The molecule has 3 aliphatic heterocycles. The molecule has 3 atom stereocenters. The Morgan fingerprint density at radius 3 is 2.62 bits per heavy atom. The van der Waals surface area contributed by atoms with Gasteiger partial charge in [-0.05, 0) is 75.7 Å². The molecule has 4 nitrogen and oxygen atoms in total. The Kier molecular flexibility index (Phi) is 4.35. The molecule has 3 heterocycles. The summed E-state index contributed by atoms with van der Waals surface area (Å²) in [6.07, 6.45) is 5.79. The van der Waals surface area contributed by atoms with Crippen molar-refractivity contribution in [2.75, 3.05) is 20.1 Å². The van der Waals surface area contributed by atoms with Crippen molar-refractivity contribution in [3.63, 3.8) is 0 Å². The Balaban J connectivity index is 1.54. The number of nitrogens with zero attached hydrogens (tertiary/aromatic N) is 2. The fourth-order valence-electron chi connectivity index (χ4n) is 4.99. The van der Waals surface area contributed by atoms with Gasteiger partial charge in [-0.3, -0.25) is 4.79 Å². The number of piperidine rings is 2. The zero-order valence-electron chi connectivity index (χ0n) is 14.5. The molecule has 4 rings (SSSR count). The average molecular weight is 328 g/mol. The van der Waals surface area contributed by atoms with Crippen molar-refractivity contribution in [3.05, 3.63) is 35.4 Å². The first kappa shape index (κ1) is 16.1. The van der Waals surface area contributed by atoms with E-state index in [2.05, 4.69) is 29.0 Å². The molecule has 0 saturated carbocycles. The van der Waals surface area contributed by atoms with Gasteiger partial charge in [-0.25, -0.2) is 0 Å². The van der Waals surface area contributed by atoms with Crippen LogP contribution in [0, 0.1) is 0 Å². The lowest BCUT2D eigenvalue weighted by atomic mass is 9.89. The molecule has 4 heteroatoms. The molecule has 3 unspecified atom stereocenters. The number of aliphatic hydroxyl groups excluding tert-OH is 1. The van der Waals surface area contributed by atoms with Crippen molar-refractivity contribution in [2.45, 2.75) is 62.6 Å². The summed E-state index contributed by atoms with van der Waals surface area (Å²) < 4.78 is 0. The second-order valence-electron chi connectivity index (χ2n) is 7.95. The highest BCUT2D eigenvalue weighted by molar-refractivity contribution is 5.95. The van der Waals surface area contributed by atoms with Gasteiger partial charge in [-0.15, -0.1) is 0 Å². The van der Waals surface area contributed by atoms with Crippen LogP contribution in [0.1, 0.15) is 60.4 Å². The minimum atomic E-state index is -0.226. The van der Waals surface area contributed by atoms with Crippen molar-refractivity contribution in [1.82, 2.24) is 9.80 Å². The van der Waals surface area contributed by atoms with Crippen LogP contribution in [-0.4, -0.2) is 59.1 Å². The first-order chi connectivity index (χ1) is 11.6. The molecule has 24 heavy (non-hydrogen) atoms. The predicted octanol–water partition coefficient (Wildman–Crippen LogP) is 2.62. The van der Waals surface area contributed by atoms with Crippen LogP contribution in [0.5, 0.6) is 0 Å². The van der Waals surface area contributed by atoms with Crippen LogP contribution in [-0.2, 0) is 0 Å². The molecule has 3 fully saturated rings. The number of hydrogen-bond donors (Lipinski definition) is 1. The van der Waals surface area contributed by atoms with Gasteiger partial charge in [0.1, 0.15) is 0 Å². The highest BCUT2D eigenvalue weighted by Crippen LogP contribution is 2.37. The molecule has 0 radical (unpaired) electrons. The van der Waals surface area contributed by atoms with E-state index in [1.807, 2.05) is 12.1 Å². The minimum absolute atomic E-state index is 0.167. The van der Waals surface area contributed by atoms with E-state index in [0.717, 1.165) is 37.8 Å². The van der Waals surface area contributed by atoms with Crippen molar-refractivity contribution >= 4 is 5.91 Å². The minimum Gasteiger partial charge on any atom is -0.393 e. The number of hydrogen-bond acceptors (Lipinski definition) is 3. The quantitative estimate of drug-likeness (QED) is 0.907. The number of carbonyl (C=O) groups excluding carboxylic acids is 1. The lowest BCUT2D eigenvalue weighted by Gasteiger charge is -2.37. The van der Waals surface area contributed by atoms with Gasteiger partial charge in [0, 0.05) is 24.2 Å². The number of benzene rings is 1. The Morgan fingerprint density at radius 2 is 1.92 bits per heavy atom. The highest BCUT2D eigenvalue weighted by atomic mass is 16.3. The zero-order valence-corrected chi connectivity index (χ0v) is 14.5. The van der Waals surface area contributed by atoms with Crippen LogP contribution in [0.4, 0.5) is 0 Å². The lowest BCUT2D eigenvalue weighted by molar-refractivity contribution is 0.0287. The maximum absolute atomic E-state index is 13.1. The maximum atomic E-state index is 13.1. The largest absolute Gasteiger partial charge is 0.393 e. The molecule has 3 aliphatic rings. The van der Waals surface area contributed by atoms with Gasteiger partial charge in [0.15, 0.2) is 0 Å². The molecule has 1 aromatic carbocycles. The summed E-state index contributed by atoms with van der Waals surface area (Å²) in [6.45, 7) is 2.26. The van der Waals surface area contributed by atoms with Crippen LogP contribution in [0.25, 0.3) is 0 Å². The van der Waals surface area contributed by atoms with Gasteiger partial charge in [-0.2, -0.15) is 0 Å². The molecule has 130 valence electrons. The van der Waals surface area contributed by atoms with E-state index in [4.69, 9.17) is 0 Å². The van der Waals surface area contributed by atoms with Crippen LogP contribution >= 0.6 is 0 Å². The van der Waals surface area contributed by atoms with E-state index in [1.165, 1.54) is 24.9 Å². The molecule has 1 aromatic rings. The molecule has 0 aliphatic carbocycles. The Labute approximate surface area is 144 Å². The maximum Gasteiger partial charge on any atom is 0.254 e. The SMILES string of the molecule is CN1CCCC(c2cccc(C(=O)N3C4CCC3CC(O)C4)c2)C1. The molecular formula is C20H28N2O2. The van der Waals surface area contributed by atoms with Crippen LogP contribution in [0.3, 0.4) is 0 Å². The zero-order chi connectivity index (χ0) is 16.7. The number of likely N-dealkylation sites (N-methyl/N-ethyl adjacent to an activating group) is 1. The van der Waals surface area contributed by atoms with Crippen molar-refractivity contribution in [2.24, 2.45) is 0 Å². The topological polar surface area (TPSA) is 43.8 Å². The van der Waals surface area contributed by atoms with Crippen molar-refractivity contribution in [1.29, 1.82) is 0 Å². The van der Waals surface area contributed by atoms with Gasteiger partial charge in [0.2, 0.25) is 0 Å². The van der Waals surface area contributed by atoms with Gasteiger partial charge in [0.05, 0.1) is 6.10 Å². The van der Waals surface area contributed by atoms with E-state index in [-0.39, 0.29) is 24.1 Å². The Morgan fingerprint density at radius 1 is 1.17 bits per heavy atom. The second kappa shape index (κ2) is 6.49. The number of rotatable bonds is 2. The first-order valence-electron chi connectivity index (χ1n) is 9.41. The number of carbonyl (C=O) groups is 1. The molecule has 0 aromatic heterocycles. The highest BCUT2D eigenvalue weighted by Gasteiger charge is 2.43. The van der Waals surface area contributed by atoms with Crippen LogP contribution < -0.4 is 0 Å². The number of aliphatic hydroxyl groups is 1. The Hall–Kier alpha value is -1.39. The van der Waals surface area contributed by atoms with Crippen LogP contribution in [0.15, 0.2) is 24.3 Å². The summed E-state index contributed by atoms with van der Waals surface area (Å²) in [6, 6.07) is 8.76. The summed E-state index contributed by atoms with van der Waals surface area (Å²) in [5.74, 6) is 0.705. The molecule has 1 N–H and O–H groups in total. The van der Waals surface area contributed by atoms with Crippen LogP contribution in [0.2, 0.25) is 0 Å². The van der Waals surface area contributed by atoms with E-state index in [1.54, 1.807) is 0 Å². The van der Waals surface area contributed by atoms with Gasteiger partial charge in [0.25, 0.3) is 5.91 Å². The summed E-state index contributed by atoms with van der Waals surface area (Å²) in [4.78, 5) is 17.6. The predicted molar refractivity (Wildman–Crippen MR) is 94.1 cm³/mol. The third-order valence-electron chi connectivity index (χ3n) is 6.17. The standard InChI is InChI=1S/C20H28N2O2/c1-21-9-3-6-16(13-21)14-4-2-5-15(10-14)20(24)22-17-7-8-18(22)12-19(23)11-17/h2,4-5,10,16-19,23H,3,6-9,11-13H2,1H3. The van der Waals surface area contributed by atoms with E-state index < -0.39 is 0 Å². The number of amides is 1. The van der Waals surface area contributed by atoms with Crippen molar-refractivity contribution < 1.29 is 9.90 Å². The van der Waals surface area contributed by atoms with Gasteiger partial charge < -0.3 is 14.9 Å². The number of fused-ring (bicyclic) bond motifs is 2. The smallest absolute Gasteiger partial charge is 0.254 e. The molecule has 3 saturated heterocycles. The molecular weight excluding hydrogens is 300 g/mol. The molecule has 2 bridgehead atoms. The third kappa shape index (κ3) is 2.98. The Bertz CT molecular complexity index is 603. The average Bonchev–Trinajstić information content (AvgIpc) is 2.86. The summed E-state index contributed by atoms with van der Waals surface area (Å²) >= 11 is 0. The third-order valence-corrected chi connectivity index (χ3v) is 6.17. The molecule has 0 spiro atoms. The fourth-order valence-corrected chi connectivity index (χ4v) is 4.99. The van der Waals surface area contributed by atoms with Gasteiger partial charge in [-0.1, -0.05) is 12.1 Å². The number of likely N-dealkylation sites (tertiary alicyclic amines) is 1. The summed E-state index contributed by atoms with van der Waals surface area (Å²) in [5.41, 5.74) is 2.13. The van der Waals surface area contributed by atoms with Crippen molar-refractivity contribution in [3.8, 4) is 0 Å². The van der Waals surface area contributed by atoms with E-state index in [9.17, 15) is 9.90 Å². The summed E-state index contributed by atoms with van der Waals surface area (Å²) in [7, 11) is 2.18. The summed E-state index contributed by atoms with van der Waals surface area (Å²) in [5, 5.41) is 9.96. The normalized spacial score (nSPS) is 33.7. The molecule has 1 amide bonds. The first-order valence-corrected chi connectivity index (χ1v) is 9.41. The van der Waals surface area contributed by atoms with E-state index >= 15 is 0 Å². The fraction of sp³-hybridized carbons (Fsp3) is 0.650. The van der Waals surface area contributed by atoms with E-state index in [0.29, 0.717) is 5.92 Å². The monoisotopic (exact) mass is 328 g/mol.